The van der Waals surface area contributed by atoms with Gasteiger partial charge in [0.2, 0.25) is 0 Å². The Hall–Kier alpha value is -1.25. The molecule has 0 amide bonds. The second-order valence-electron chi connectivity index (χ2n) is 3.11. The SMILES string of the molecule is CCN1CCCOc2cccnc21. The van der Waals surface area contributed by atoms with Crippen molar-refractivity contribution in [3.8, 4) is 5.75 Å². The zero-order chi connectivity index (χ0) is 9.10. The van der Waals surface area contributed by atoms with Gasteiger partial charge in [-0.05, 0) is 25.5 Å². The molecule has 70 valence electrons. The molecule has 1 aromatic heterocycles. The topological polar surface area (TPSA) is 25.4 Å². The largest absolute Gasteiger partial charge is 0.490 e. The predicted molar refractivity (Wildman–Crippen MR) is 52.2 cm³/mol. The molecule has 0 bridgehead atoms. The van der Waals surface area contributed by atoms with Crippen molar-refractivity contribution in [2.45, 2.75) is 13.3 Å². The molecule has 2 rings (SSSR count). The third-order valence-corrected chi connectivity index (χ3v) is 2.26. The van der Waals surface area contributed by atoms with Crippen LogP contribution in [0.15, 0.2) is 18.3 Å². The summed E-state index contributed by atoms with van der Waals surface area (Å²) < 4.78 is 5.58. The molecule has 0 N–H and O–H groups in total. The summed E-state index contributed by atoms with van der Waals surface area (Å²) in [6, 6.07) is 3.90. The Morgan fingerprint density at radius 3 is 3.38 bits per heavy atom. The lowest BCUT2D eigenvalue weighted by Gasteiger charge is -2.19. The fraction of sp³-hybridized carbons (Fsp3) is 0.500. The van der Waals surface area contributed by atoms with E-state index in [0.717, 1.165) is 37.7 Å². The maximum atomic E-state index is 5.58. The highest BCUT2D eigenvalue weighted by molar-refractivity contribution is 5.52. The smallest absolute Gasteiger partial charge is 0.171 e. The summed E-state index contributed by atoms with van der Waals surface area (Å²) in [5.41, 5.74) is 0. The zero-order valence-corrected chi connectivity index (χ0v) is 7.86. The standard InChI is InChI=1S/C10H14N2O/c1-2-12-7-4-8-13-9-5-3-6-11-10(9)12/h3,5-6H,2,4,7-8H2,1H3. The van der Waals surface area contributed by atoms with Gasteiger partial charge >= 0.3 is 0 Å². The first-order valence-electron chi connectivity index (χ1n) is 4.74. The number of nitrogens with zero attached hydrogens (tertiary/aromatic N) is 2. The summed E-state index contributed by atoms with van der Waals surface area (Å²) >= 11 is 0. The Kier molecular flexibility index (Phi) is 2.34. The molecule has 13 heavy (non-hydrogen) atoms. The second kappa shape index (κ2) is 3.64. The highest BCUT2D eigenvalue weighted by Gasteiger charge is 2.14. The van der Waals surface area contributed by atoms with Crippen LogP contribution in [0.3, 0.4) is 0 Å². The molecule has 0 saturated carbocycles. The van der Waals surface area contributed by atoms with Gasteiger partial charge in [-0.3, -0.25) is 0 Å². The van der Waals surface area contributed by atoms with Crippen molar-refractivity contribution in [1.29, 1.82) is 0 Å². The van der Waals surface area contributed by atoms with Crippen LogP contribution in [0.1, 0.15) is 13.3 Å². The molecule has 1 aliphatic heterocycles. The maximum Gasteiger partial charge on any atom is 0.171 e. The van der Waals surface area contributed by atoms with Crippen LogP contribution in [-0.4, -0.2) is 24.7 Å². The van der Waals surface area contributed by atoms with E-state index >= 15 is 0 Å². The van der Waals surface area contributed by atoms with Crippen molar-refractivity contribution in [2.24, 2.45) is 0 Å². The minimum absolute atomic E-state index is 0.801. The number of pyridine rings is 1. The first-order valence-corrected chi connectivity index (χ1v) is 4.74. The lowest BCUT2D eigenvalue weighted by atomic mass is 10.3. The lowest BCUT2D eigenvalue weighted by molar-refractivity contribution is 0.322. The average molecular weight is 178 g/mol. The van der Waals surface area contributed by atoms with Crippen molar-refractivity contribution in [3.05, 3.63) is 18.3 Å². The van der Waals surface area contributed by atoms with E-state index in [1.807, 2.05) is 18.3 Å². The van der Waals surface area contributed by atoms with Crippen molar-refractivity contribution in [3.63, 3.8) is 0 Å². The summed E-state index contributed by atoms with van der Waals surface area (Å²) in [4.78, 5) is 6.58. The van der Waals surface area contributed by atoms with Gasteiger partial charge < -0.3 is 9.64 Å². The number of fused-ring (bicyclic) bond motifs is 1. The van der Waals surface area contributed by atoms with E-state index in [-0.39, 0.29) is 0 Å². The lowest BCUT2D eigenvalue weighted by Crippen LogP contribution is -2.23. The van der Waals surface area contributed by atoms with Gasteiger partial charge in [0.15, 0.2) is 11.6 Å². The molecule has 2 heterocycles. The second-order valence-corrected chi connectivity index (χ2v) is 3.11. The van der Waals surface area contributed by atoms with Crippen molar-refractivity contribution in [2.75, 3.05) is 24.6 Å². The normalized spacial score (nSPS) is 15.9. The Morgan fingerprint density at radius 2 is 2.54 bits per heavy atom. The summed E-state index contributed by atoms with van der Waals surface area (Å²) in [5.74, 6) is 1.91. The number of aromatic nitrogens is 1. The van der Waals surface area contributed by atoms with Gasteiger partial charge in [0.25, 0.3) is 0 Å². The van der Waals surface area contributed by atoms with Gasteiger partial charge in [0.1, 0.15) is 0 Å². The average Bonchev–Trinajstić information content (AvgIpc) is 2.39. The van der Waals surface area contributed by atoms with E-state index in [9.17, 15) is 0 Å². The van der Waals surface area contributed by atoms with Gasteiger partial charge in [0, 0.05) is 19.3 Å². The highest BCUT2D eigenvalue weighted by atomic mass is 16.5. The number of hydrogen-bond donors (Lipinski definition) is 0. The molecule has 0 unspecified atom stereocenters. The van der Waals surface area contributed by atoms with Crippen LogP contribution < -0.4 is 9.64 Å². The summed E-state index contributed by atoms with van der Waals surface area (Å²) in [6.45, 7) is 4.98. The van der Waals surface area contributed by atoms with Crippen LogP contribution in [-0.2, 0) is 0 Å². The molecule has 1 aromatic rings. The predicted octanol–water partition coefficient (Wildman–Crippen LogP) is 1.69. The molecule has 0 aromatic carbocycles. The first-order chi connectivity index (χ1) is 6.42. The summed E-state index contributed by atoms with van der Waals surface area (Å²) in [5, 5.41) is 0. The van der Waals surface area contributed by atoms with E-state index < -0.39 is 0 Å². The van der Waals surface area contributed by atoms with Crippen LogP contribution in [0.4, 0.5) is 5.82 Å². The fourth-order valence-electron chi connectivity index (χ4n) is 1.58. The van der Waals surface area contributed by atoms with E-state index in [1.54, 1.807) is 0 Å². The van der Waals surface area contributed by atoms with Crippen LogP contribution in [0.2, 0.25) is 0 Å². The Labute approximate surface area is 78.3 Å². The molecule has 3 heteroatoms. The van der Waals surface area contributed by atoms with Crippen LogP contribution in [0, 0.1) is 0 Å². The monoisotopic (exact) mass is 178 g/mol. The third-order valence-electron chi connectivity index (χ3n) is 2.26. The number of rotatable bonds is 1. The Morgan fingerprint density at radius 1 is 1.62 bits per heavy atom. The minimum Gasteiger partial charge on any atom is -0.490 e. The van der Waals surface area contributed by atoms with Crippen molar-refractivity contribution >= 4 is 5.82 Å². The first kappa shape index (κ1) is 8.35. The van der Waals surface area contributed by atoms with E-state index in [2.05, 4.69) is 16.8 Å². The Balaban J connectivity index is 2.35. The number of hydrogen-bond acceptors (Lipinski definition) is 3. The van der Waals surface area contributed by atoms with Crippen LogP contribution >= 0.6 is 0 Å². The van der Waals surface area contributed by atoms with Gasteiger partial charge in [0.05, 0.1) is 6.61 Å². The molecule has 3 nitrogen and oxygen atoms in total. The number of ether oxygens (including phenoxy) is 1. The molecule has 0 radical (unpaired) electrons. The van der Waals surface area contributed by atoms with Crippen molar-refractivity contribution < 1.29 is 4.74 Å². The van der Waals surface area contributed by atoms with Gasteiger partial charge in [-0.15, -0.1) is 0 Å². The highest BCUT2D eigenvalue weighted by Crippen LogP contribution is 2.27. The van der Waals surface area contributed by atoms with Crippen LogP contribution in [0.25, 0.3) is 0 Å². The van der Waals surface area contributed by atoms with Gasteiger partial charge in [-0.1, -0.05) is 0 Å². The summed E-state index contributed by atoms with van der Waals surface area (Å²) in [7, 11) is 0. The molecular formula is C10H14N2O. The minimum atomic E-state index is 0.801. The molecule has 0 fully saturated rings. The maximum absolute atomic E-state index is 5.58. The quantitative estimate of drug-likeness (QED) is 0.654. The third kappa shape index (κ3) is 1.59. The molecule has 0 spiro atoms. The molecule has 0 saturated heterocycles. The molecule has 0 atom stereocenters. The van der Waals surface area contributed by atoms with E-state index in [1.165, 1.54) is 0 Å². The fourth-order valence-corrected chi connectivity index (χ4v) is 1.58. The molecule has 0 aliphatic carbocycles. The van der Waals surface area contributed by atoms with E-state index in [0.29, 0.717) is 0 Å². The van der Waals surface area contributed by atoms with Gasteiger partial charge in [-0.25, -0.2) is 4.98 Å². The van der Waals surface area contributed by atoms with Crippen LogP contribution in [0.5, 0.6) is 5.75 Å². The van der Waals surface area contributed by atoms with Gasteiger partial charge in [-0.2, -0.15) is 0 Å². The zero-order valence-electron chi connectivity index (χ0n) is 7.86. The Bertz CT molecular complexity index is 288. The van der Waals surface area contributed by atoms with Crippen molar-refractivity contribution in [1.82, 2.24) is 4.98 Å². The molecule has 1 aliphatic rings. The summed E-state index contributed by atoms with van der Waals surface area (Å²) in [6.07, 6.45) is 2.89. The van der Waals surface area contributed by atoms with E-state index in [4.69, 9.17) is 4.74 Å². The molecular weight excluding hydrogens is 164 g/mol. The number of anilines is 1.